The monoisotopic (exact) mass is 249 g/mol. The summed E-state index contributed by atoms with van der Waals surface area (Å²) in [7, 11) is 3.74. The molecule has 0 saturated carbocycles. The minimum atomic E-state index is -0.243. The van der Waals surface area contributed by atoms with Crippen LogP contribution in [0, 0.1) is 5.82 Å². The fourth-order valence-electron chi connectivity index (χ4n) is 1.73. The number of hydrogen-bond acceptors (Lipinski definition) is 4. The highest BCUT2D eigenvalue weighted by Crippen LogP contribution is 2.16. The zero-order valence-electron chi connectivity index (χ0n) is 10.5. The van der Waals surface area contributed by atoms with E-state index in [4.69, 9.17) is 4.52 Å². The Morgan fingerprint density at radius 3 is 2.94 bits per heavy atom. The molecule has 96 valence electrons. The first kappa shape index (κ1) is 12.6. The molecule has 2 aromatic rings. The first-order valence-corrected chi connectivity index (χ1v) is 5.75. The van der Waals surface area contributed by atoms with Crippen molar-refractivity contribution < 1.29 is 8.91 Å². The maximum absolute atomic E-state index is 13.1. The standard InChI is InChI=1S/C13H16FN3O/c1-15-8-11-7-13(18-16-11)9-17(2)12-5-3-4-10(14)6-12/h3-7,15H,8-9H2,1-2H3. The highest BCUT2D eigenvalue weighted by Gasteiger charge is 2.08. The van der Waals surface area contributed by atoms with Crippen molar-refractivity contribution in [3.05, 3.63) is 47.6 Å². The van der Waals surface area contributed by atoms with Crippen LogP contribution in [0.15, 0.2) is 34.9 Å². The van der Waals surface area contributed by atoms with Crippen molar-refractivity contribution in [2.75, 3.05) is 19.0 Å². The Morgan fingerprint density at radius 2 is 2.22 bits per heavy atom. The van der Waals surface area contributed by atoms with E-state index in [1.54, 1.807) is 6.07 Å². The van der Waals surface area contributed by atoms with E-state index in [1.807, 2.05) is 31.1 Å². The fourth-order valence-corrected chi connectivity index (χ4v) is 1.73. The summed E-state index contributed by atoms with van der Waals surface area (Å²) in [6.45, 7) is 1.23. The number of halogens is 1. The summed E-state index contributed by atoms with van der Waals surface area (Å²) >= 11 is 0. The molecule has 1 heterocycles. The molecule has 0 saturated heterocycles. The Labute approximate surface area is 105 Å². The van der Waals surface area contributed by atoms with Crippen LogP contribution in [0.2, 0.25) is 0 Å². The molecule has 0 aliphatic rings. The molecule has 0 fully saturated rings. The number of nitrogens with zero attached hydrogens (tertiary/aromatic N) is 2. The molecule has 18 heavy (non-hydrogen) atoms. The van der Waals surface area contributed by atoms with E-state index >= 15 is 0 Å². The van der Waals surface area contributed by atoms with Gasteiger partial charge in [0.2, 0.25) is 0 Å². The molecule has 0 atom stereocenters. The van der Waals surface area contributed by atoms with E-state index in [9.17, 15) is 4.39 Å². The molecule has 1 aromatic carbocycles. The topological polar surface area (TPSA) is 41.3 Å². The van der Waals surface area contributed by atoms with E-state index in [1.165, 1.54) is 12.1 Å². The Bertz CT molecular complexity index is 512. The normalized spacial score (nSPS) is 10.6. The lowest BCUT2D eigenvalue weighted by Gasteiger charge is -2.17. The molecule has 2 rings (SSSR count). The Kier molecular flexibility index (Phi) is 3.94. The maximum Gasteiger partial charge on any atom is 0.156 e. The van der Waals surface area contributed by atoms with Crippen LogP contribution in [0.25, 0.3) is 0 Å². The van der Waals surface area contributed by atoms with Crippen LogP contribution < -0.4 is 10.2 Å². The van der Waals surface area contributed by atoms with E-state index < -0.39 is 0 Å². The van der Waals surface area contributed by atoms with Crippen molar-refractivity contribution in [3.63, 3.8) is 0 Å². The number of nitrogens with one attached hydrogen (secondary N) is 1. The summed E-state index contributed by atoms with van der Waals surface area (Å²) in [5.74, 6) is 0.514. The third kappa shape index (κ3) is 3.07. The van der Waals surface area contributed by atoms with Gasteiger partial charge in [-0.05, 0) is 25.2 Å². The van der Waals surface area contributed by atoms with Gasteiger partial charge in [-0.3, -0.25) is 0 Å². The fraction of sp³-hybridized carbons (Fsp3) is 0.308. The molecule has 0 aliphatic heterocycles. The van der Waals surface area contributed by atoms with E-state index in [0.717, 1.165) is 17.1 Å². The predicted molar refractivity (Wildman–Crippen MR) is 67.8 cm³/mol. The minimum Gasteiger partial charge on any atom is -0.367 e. The number of rotatable bonds is 5. The van der Waals surface area contributed by atoms with Gasteiger partial charge in [-0.1, -0.05) is 11.2 Å². The Morgan fingerprint density at radius 1 is 1.39 bits per heavy atom. The maximum atomic E-state index is 13.1. The summed E-state index contributed by atoms with van der Waals surface area (Å²) in [4.78, 5) is 1.91. The van der Waals surface area contributed by atoms with Gasteiger partial charge in [-0.25, -0.2) is 4.39 Å². The summed E-state index contributed by atoms with van der Waals surface area (Å²) in [5.41, 5.74) is 1.67. The summed E-state index contributed by atoms with van der Waals surface area (Å²) in [6.07, 6.45) is 0. The molecule has 1 N–H and O–H groups in total. The number of hydrogen-bond donors (Lipinski definition) is 1. The van der Waals surface area contributed by atoms with Crippen molar-refractivity contribution in [1.82, 2.24) is 10.5 Å². The van der Waals surface area contributed by atoms with E-state index in [2.05, 4.69) is 10.5 Å². The molecule has 5 heteroatoms. The average Bonchev–Trinajstić information content (AvgIpc) is 2.77. The molecule has 0 amide bonds. The van der Waals surface area contributed by atoms with Gasteiger partial charge in [0.05, 0.1) is 12.2 Å². The molecule has 0 aliphatic carbocycles. The van der Waals surface area contributed by atoms with Crippen LogP contribution >= 0.6 is 0 Å². The summed E-state index contributed by atoms with van der Waals surface area (Å²) < 4.78 is 18.3. The molecular weight excluding hydrogens is 233 g/mol. The molecule has 0 radical (unpaired) electrons. The van der Waals surface area contributed by atoms with Gasteiger partial charge < -0.3 is 14.7 Å². The number of benzene rings is 1. The second-order valence-electron chi connectivity index (χ2n) is 4.15. The van der Waals surface area contributed by atoms with Gasteiger partial charge >= 0.3 is 0 Å². The van der Waals surface area contributed by atoms with E-state index in [0.29, 0.717) is 13.1 Å². The van der Waals surface area contributed by atoms with Gasteiger partial charge in [0.15, 0.2) is 5.76 Å². The number of anilines is 1. The smallest absolute Gasteiger partial charge is 0.156 e. The molecule has 4 nitrogen and oxygen atoms in total. The quantitative estimate of drug-likeness (QED) is 0.881. The van der Waals surface area contributed by atoms with Gasteiger partial charge in [-0.15, -0.1) is 0 Å². The second kappa shape index (κ2) is 5.64. The van der Waals surface area contributed by atoms with Crippen LogP contribution in [-0.2, 0) is 13.1 Å². The van der Waals surface area contributed by atoms with Crippen LogP contribution in [0.4, 0.5) is 10.1 Å². The minimum absolute atomic E-state index is 0.243. The third-order valence-corrected chi connectivity index (χ3v) is 2.61. The Balaban J connectivity index is 2.04. The van der Waals surface area contributed by atoms with Crippen LogP contribution in [0.1, 0.15) is 11.5 Å². The van der Waals surface area contributed by atoms with Crippen LogP contribution in [0.3, 0.4) is 0 Å². The van der Waals surface area contributed by atoms with Gasteiger partial charge in [0.1, 0.15) is 5.82 Å². The molecule has 0 spiro atoms. The molecule has 0 unspecified atom stereocenters. The second-order valence-corrected chi connectivity index (χ2v) is 4.15. The van der Waals surface area contributed by atoms with Gasteiger partial charge in [0, 0.05) is 25.3 Å². The largest absolute Gasteiger partial charge is 0.367 e. The SMILES string of the molecule is CNCc1cc(CN(C)c2cccc(F)c2)on1. The number of aromatic nitrogens is 1. The lowest BCUT2D eigenvalue weighted by molar-refractivity contribution is 0.375. The predicted octanol–water partition coefficient (Wildman–Crippen LogP) is 2.17. The lowest BCUT2D eigenvalue weighted by Crippen LogP contribution is -2.15. The lowest BCUT2D eigenvalue weighted by atomic mass is 10.2. The van der Waals surface area contributed by atoms with Crippen molar-refractivity contribution in [2.24, 2.45) is 0 Å². The average molecular weight is 249 g/mol. The van der Waals surface area contributed by atoms with Crippen molar-refractivity contribution >= 4 is 5.69 Å². The van der Waals surface area contributed by atoms with Crippen molar-refractivity contribution in [2.45, 2.75) is 13.1 Å². The van der Waals surface area contributed by atoms with Crippen molar-refractivity contribution in [3.8, 4) is 0 Å². The zero-order valence-corrected chi connectivity index (χ0v) is 10.5. The summed E-state index contributed by atoms with van der Waals surface area (Å²) in [5, 5.41) is 6.94. The molecule has 0 bridgehead atoms. The van der Waals surface area contributed by atoms with Crippen molar-refractivity contribution in [1.29, 1.82) is 0 Å². The van der Waals surface area contributed by atoms with Crippen LogP contribution in [-0.4, -0.2) is 19.3 Å². The Hall–Kier alpha value is -1.88. The zero-order chi connectivity index (χ0) is 13.0. The first-order chi connectivity index (χ1) is 8.69. The van der Waals surface area contributed by atoms with E-state index in [-0.39, 0.29) is 5.82 Å². The highest BCUT2D eigenvalue weighted by molar-refractivity contribution is 5.45. The van der Waals surface area contributed by atoms with Gasteiger partial charge in [0.25, 0.3) is 0 Å². The van der Waals surface area contributed by atoms with Crippen LogP contribution in [0.5, 0.6) is 0 Å². The highest BCUT2D eigenvalue weighted by atomic mass is 19.1. The first-order valence-electron chi connectivity index (χ1n) is 5.75. The molecule has 1 aromatic heterocycles. The van der Waals surface area contributed by atoms with Gasteiger partial charge in [-0.2, -0.15) is 0 Å². The third-order valence-electron chi connectivity index (χ3n) is 2.61. The summed E-state index contributed by atoms with van der Waals surface area (Å²) in [6, 6.07) is 8.36. The molecular formula is C13H16FN3O.